The SMILES string of the molecule is CCCCCCCN1C(=O)C(=CC(=O)O)c2ccccc21. The van der Waals surface area contributed by atoms with Crippen LogP contribution in [0, 0.1) is 0 Å². The number of benzene rings is 1. The molecule has 0 aliphatic carbocycles. The third-order valence-corrected chi connectivity index (χ3v) is 3.71. The van der Waals surface area contributed by atoms with Crippen LogP contribution in [0.4, 0.5) is 5.69 Å². The molecule has 1 aromatic rings. The van der Waals surface area contributed by atoms with Gasteiger partial charge in [0, 0.05) is 18.2 Å². The second kappa shape index (κ2) is 7.07. The van der Waals surface area contributed by atoms with Gasteiger partial charge >= 0.3 is 5.97 Å². The zero-order valence-corrected chi connectivity index (χ0v) is 12.3. The van der Waals surface area contributed by atoms with Crippen molar-refractivity contribution in [3.05, 3.63) is 35.9 Å². The lowest BCUT2D eigenvalue weighted by Crippen LogP contribution is -2.27. The van der Waals surface area contributed by atoms with E-state index in [4.69, 9.17) is 5.11 Å². The summed E-state index contributed by atoms with van der Waals surface area (Å²) in [6.45, 7) is 2.82. The van der Waals surface area contributed by atoms with Gasteiger partial charge in [0.1, 0.15) is 0 Å². The van der Waals surface area contributed by atoms with Crippen molar-refractivity contribution in [2.75, 3.05) is 11.4 Å². The molecule has 1 aliphatic rings. The lowest BCUT2D eigenvalue weighted by molar-refractivity contribution is -0.131. The number of hydrogen-bond donors (Lipinski definition) is 1. The van der Waals surface area contributed by atoms with Gasteiger partial charge in [-0.15, -0.1) is 0 Å². The zero-order chi connectivity index (χ0) is 15.2. The van der Waals surface area contributed by atoms with Gasteiger partial charge in [-0.25, -0.2) is 4.79 Å². The summed E-state index contributed by atoms with van der Waals surface area (Å²) in [7, 11) is 0. The molecule has 0 fully saturated rings. The number of amides is 1. The van der Waals surface area contributed by atoms with E-state index in [0.717, 1.165) is 30.2 Å². The second-order valence-corrected chi connectivity index (χ2v) is 5.28. The molecule has 2 rings (SSSR count). The highest BCUT2D eigenvalue weighted by Crippen LogP contribution is 2.36. The number of fused-ring (bicyclic) bond motifs is 1. The number of carbonyl (C=O) groups excluding carboxylic acids is 1. The molecule has 1 amide bonds. The van der Waals surface area contributed by atoms with Crippen LogP contribution in [0.15, 0.2) is 30.3 Å². The fourth-order valence-corrected chi connectivity index (χ4v) is 2.67. The number of aliphatic carboxylic acids is 1. The van der Waals surface area contributed by atoms with Gasteiger partial charge in [0.05, 0.1) is 11.3 Å². The van der Waals surface area contributed by atoms with Crippen molar-refractivity contribution in [2.45, 2.75) is 39.0 Å². The average Bonchev–Trinajstić information content (AvgIpc) is 2.72. The monoisotopic (exact) mass is 287 g/mol. The Kier molecular flexibility index (Phi) is 5.14. The molecule has 1 aromatic carbocycles. The Labute approximate surface area is 125 Å². The number of para-hydroxylation sites is 1. The smallest absolute Gasteiger partial charge is 0.329 e. The number of carbonyl (C=O) groups is 2. The van der Waals surface area contributed by atoms with Crippen molar-refractivity contribution in [3.63, 3.8) is 0 Å². The number of carboxylic acids is 1. The van der Waals surface area contributed by atoms with Crippen LogP contribution >= 0.6 is 0 Å². The van der Waals surface area contributed by atoms with Gasteiger partial charge in [-0.1, -0.05) is 50.8 Å². The van der Waals surface area contributed by atoms with E-state index in [1.807, 2.05) is 18.2 Å². The molecule has 1 aliphatic heterocycles. The minimum Gasteiger partial charge on any atom is -0.478 e. The molecule has 0 saturated heterocycles. The number of anilines is 1. The minimum atomic E-state index is -1.09. The maximum atomic E-state index is 12.4. The fourth-order valence-electron chi connectivity index (χ4n) is 2.67. The molecule has 0 atom stereocenters. The highest BCUT2D eigenvalue weighted by atomic mass is 16.4. The van der Waals surface area contributed by atoms with Crippen molar-refractivity contribution < 1.29 is 14.7 Å². The summed E-state index contributed by atoms with van der Waals surface area (Å²) >= 11 is 0. The maximum absolute atomic E-state index is 12.4. The van der Waals surface area contributed by atoms with Gasteiger partial charge in [0.25, 0.3) is 5.91 Å². The largest absolute Gasteiger partial charge is 0.478 e. The first-order valence-corrected chi connectivity index (χ1v) is 7.51. The van der Waals surface area contributed by atoms with E-state index >= 15 is 0 Å². The molecule has 112 valence electrons. The molecule has 0 saturated carbocycles. The van der Waals surface area contributed by atoms with E-state index in [1.165, 1.54) is 19.3 Å². The third kappa shape index (κ3) is 3.51. The number of rotatable bonds is 7. The van der Waals surface area contributed by atoms with Gasteiger partial charge in [0.15, 0.2) is 0 Å². The van der Waals surface area contributed by atoms with Crippen LogP contribution in [0.2, 0.25) is 0 Å². The lowest BCUT2D eigenvalue weighted by atomic mass is 10.1. The van der Waals surface area contributed by atoms with Crippen LogP contribution in [-0.2, 0) is 9.59 Å². The standard InChI is InChI=1S/C17H21NO3/c1-2-3-4-5-8-11-18-15-10-7-6-9-13(15)14(17(18)21)12-16(19)20/h6-7,9-10,12H,2-5,8,11H2,1H3,(H,19,20). The molecule has 4 heteroatoms. The van der Waals surface area contributed by atoms with E-state index < -0.39 is 5.97 Å². The van der Waals surface area contributed by atoms with E-state index in [-0.39, 0.29) is 11.5 Å². The van der Waals surface area contributed by atoms with Crippen LogP contribution in [0.3, 0.4) is 0 Å². The van der Waals surface area contributed by atoms with Crippen LogP contribution in [0.25, 0.3) is 5.57 Å². The normalized spacial score (nSPS) is 15.6. The van der Waals surface area contributed by atoms with Gasteiger partial charge in [-0.3, -0.25) is 4.79 Å². The molecule has 1 N–H and O–H groups in total. The maximum Gasteiger partial charge on any atom is 0.329 e. The predicted octanol–water partition coefficient (Wildman–Crippen LogP) is 3.47. The van der Waals surface area contributed by atoms with E-state index in [1.54, 1.807) is 11.0 Å². The van der Waals surface area contributed by atoms with Gasteiger partial charge < -0.3 is 10.0 Å². The second-order valence-electron chi connectivity index (χ2n) is 5.28. The summed E-state index contributed by atoms with van der Waals surface area (Å²) in [4.78, 5) is 25.0. The van der Waals surface area contributed by atoms with E-state index in [9.17, 15) is 9.59 Å². The molecule has 21 heavy (non-hydrogen) atoms. The molecule has 0 bridgehead atoms. The van der Waals surface area contributed by atoms with Gasteiger partial charge in [-0.05, 0) is 12.5 Å². The van der Waals surface area contributed by atoms with Crippen molar-refractivity contribution >= 4 is 23.1 Å². The topological polar surface area (TPSA) is 57.6 Å². The molecule has 0 spiro atoms. The summed E-state index contributed by atoms with van der Waals surface area (Å²) in [5.41, 5.74) is 1.83. The molecular formula is C17H21NO3. The summed E-state index contributed by atoms with van der Waals surface area (Å²) in [6, 6.07) is 7.38. The number of hydrogen-bond acceptors (Lipinski definition) is 2. The fraction of sp³-hybridized carbons (Fsp3) is 0.412. The molecular weight excluding hydrogens is 266 g/mol. The average molecular weight is 287 g/mol. The van der Waals surface area contributed by atoms with Crippen LogP contribution in [0.1, 0.15) is 44.6 Å². The highest BCUT2D eigenvalue weighted by molar-refractivity contribution is 6.34. The van der Waals surface area contributed by atoms with Crippen molar-refractivity contribution in [1.82, 2.24) is 0 Å². The third-order valence-electron chi connectivity index (χ3n) is 3.71. The number of carboxylic acid groups (broad SMARTS) is 1. The Morgan fingerprint density at radius 2 is 1.90 bits per heavy atom. The summed E-state index contributed by atoms with van der Waals surface area (Å²) in [5, 5.41) is 8.93. The molecule has 0 unspecified atom stereocenters. The highest BCUT2D eigenvalue weighted by Gasteiger charge is 2.31. The van der Waals surface area contributed by atoms with Gasteiger partial charge in [-0.2, -0.15) is 0 Å². The molecule has 0 radical (unpaired) electrons. The Balaban J connectivity index is 2.12. The van der Waals surface area contributed by atoms with Crippen molar-refractivity contribution in [3.8, 4) is 0 Å². The summed E-state index contributed by atoms with van der Waals surface area (Å²) < 4.78 is 0. The molecule has 0 aromatic heterocycles. The molecule has 4 nitrogen and oxygen atoms in total. The number of unbranched alkanes of at least 4 members (excludes halogenated alkanes) is 4. The lowest BCUT2D eigenvalue weighted by Gasteiger charge is -2.16. The van der Waals surface area contributed by atoms with E-state index in [2.05, 4.69) is 6.92 Å². The zero-order valence-electron chi connectivity index (χ0n) is 12.3. The molecule has 1 heterocycles. The van der Waals surface area contributed by atoms with Crippen LogP contribution in [0.5, 0.6) is 0 Å². The Hall–Kier alpha value is -2.10. The predicted molar refractivity (Wildman–Crippen MR) is 83.2 cm³/mol. The Morgan fingerprint density at radius 3 is 2.62 bits per heavy atom. The first-order chi connectivity index (χ1) is 10.1. The van der Waals surface area contributed by atoms with Crippen LogP contribution < -0.4 is 4.90 Å². The Bertz CT molecular complexity index is 563. The summed E-state index contributed by atoms with van der Waals surface area (Å²) in [6.07, 6.45) is 6.64. The van der Waals surface area contributed by atoms with Crippen LogP contribution in [-0.4, -0.2) is 23.5 Å². The first-order valence-electron chi connectivity index (χ1n) is 7.51. The Morgan fingerprint density at radius 1 is 1.19 bits per heavy atom. The minimum absolute atomic E-state index is 0.200. The number of nitrogens with zero attached hydrogens (tertiary/aromatic N) is 1. The van der Waals surface area contributed by atoms with E-state index in [0.29, 0.717) is 6.54 Å². The quantitative estimate of drug-likeness (QED) is 0.617. The van der Waals surface area contributed by atoms with Crippen molar-refractivity contribution in [2.24, 2.45) is 0 Å². The van der Waals surface area contributed by atoms with Gasteiger partial charge in [0.2, 0.25) is 0 Å². The first kappa shape index (κ1) is 15.3. The summed E-state index contributed by atoms with van der Waals surface area (Å²) in [5.74, 6) is -1.29. The van der Waals surface area contributed by atoms with Crippen molar-refractivity contribution in [1.29, 1.82) is 0 Å².